The molecule has 0 saturated heterocycles. The van der Waals surface area contributed by atoms with E-state index >= 15 is 0 Å². The molecule has 0 heterocycles. The molecule has 0 radical (unpaired) electrons. The van der Waals surface area contributed by atoms with E-state index in [1.54, 1.807) is 0 Å². The van der Waals surface area contributed by atoms with Crippen LogP contribution in [-0.2, 0) is 32.7 Å². The second kappa shape index (κ2) is 45.2. The molecule has 59 heavy (non-hydrogen) atoms. The van der Waals surface area contributed by atoms with E-state index in [9.17, 15) is 19.0 Å². The quantitative estimate of drug-likeness (QED) is 0.0266. The van der Waals surface area contributed by atoms with Gasteiger partial charge in [-0.05, 0) is 51.4 Å². The van der Waals surface area contributed by atoms with E-state index in [-0.39, 0.29) is 32.6 Å². The van der Waals surface area contributed by atoms with Crippen molar-refractivity contribution in [3.05, 3.63) is 60.8 Å². The van der Waals surface area contributed by atoms with Crippen LogP contribution in [0.3, 0.4) is 0 Å². The molecule has 10 heteroatoms. The molecule has 9 nitrogen and oxygen atoms in total. The third-order valence-electron chi connectivity index (χ3n) is 9.92. The molecule has 342 valence electrons. The van der Waals surface area contributed by atoms with Crippen molar-refractivity contribution in [3.8, 4) is 0 Å². The van der Waals surface area contributed by atoms with Crippen molar-refractivity contribution in [3.63, 3.8) is 0 Å². The molecule has 2 atom stereocenters. The van der Waals surface area contributed by atoms with Crippen LogP contribution in [0.5, 0.6) is 0 Å². The van der Waals surface area contributed by atoms with Crippen molar-refractivity contribution in [1.29, 1.82) is 0 Å². The molecule has 0 saturated carbocycles. The number of allylic oxidation sites excluding steroid dienone is 10. The number of carbonyl (C=O) groups excluding carboxylic acids is 2. The molecule has 0 aliphatic rings. The van der Waals surface area contributed by atoms with Crippen LogP contribution in [0.1, 0.15) is 206 Å². The Morgan fingerprint density at radius 1 is 0.508 bits per heavy atom. The molecule has 0 bridgehead atoms. The highest BCUT2D eigenvalue weighted by atomic mass is 31.2. The average molecular weight is 850 g/mol. The van der Waals surface area contributed by atoms with E-state index < -0.39 is 32.5 Å². The van der Waals surface area contributed by atoms with Gasteiger partial charge in [0.1, 0.15) is 6.61 Å². The normalized spacial score (nSPS) is 13.8. The minimum atomic E-state index is -4.40. The van der Waals surface area contributed by atoms with E-state index in [1.807, 2.05) is 12.2 Å². The zero-order valence-corrected chi connectivity index (χ0v) is 38.6. The van der Waals surface area contributed by atoms with Crippen LogP contribution in [0.15, 0.2) is 60.8 Å². The maximum absolute atomic E-state index is 12.6. The van der Waals surface area contributed by atoms with Crippen molar-refractivity contribution in [2.24, 2.45) is 5.73 Å². The summed E-state index contributed by atoms with van der Waals surface area (Å²) >= 11 is 0. The summed E-state index contributed by atoms with van der Waals surface area (Å²) in [5.74, 6) is -0.921. The highest BCUT2D eigenvalue weighted by Crippen LogP contribution is 2.43. The first-order valence-corrected chi connectivity index (χ1v) is 25.3. The predicted octanol–water partition coefficient (Wildman–Crippen LogP) is 14.1. The molecule has 3 N–H and O–H groups in total. The predicted molar refractivity (Wildman–Crippen MR) is 247 cm³/mol. The number of esters is 2. The number of ether oxygens (including phenoxy) is 2. The molecule has 0 fully saturated rings. The largest absolute Gasteiger partial charge is 0.472 e. The van der Waals surface area contributed by atoms with Gasteiger partial charge in [-0.2, -0.15) is 0 Å². The van der Waals surface area contributed by atoms with Gasteiger partial charge in [-0.15, -0.1) is 0 Å². The summed E-state index contributed by atoms with van der Waals surface area (Å²) < 4.78 is 32.8. The van der Waals surface area contributed by atoms with Gasteiger partial charge in [-0.3, -0.25) is 18.6 Å². The van der Waals surface area contributed by atoms with Crippen LogP contribution in [0.25, 0.3) is 0 Å². The summed E-state index contributed by atoms with van der Waals surface area (Å²) in [5, 5.41) is 0. The lowest BCUT2D eigenvalue weighted by atomic mass is 10.0. The molecule has 1 unspecified atom stereocenters. The van der Waals surface area contributed by atoms with Gasteiger partial charge < -0.3 is 20.1 Å². The molecule has 0 spiro atoms. The van der Waals surface area contributed by atoms with Gasteiger partial charge >= 0.3 is 19.8 Å². The fourth-order valence-electron chi connectivity index (χ4n) is 6.38. The summed E-state index contributed by atoms with van der Waals surface area (Å²) in [6.07, 6.45) is 54.1. The lowest BCUT2D eigenvalue weighted by molar-refractivity contribution is -0.161. The lowest BCUT2D eigenvalue weighted by Crippen LogP contribution is -2.29. The second-order valence-corrected chi connectivity index (χ2v) is 17.1. The van der Waals surface area contributed by atoms with Gasteiger partial charge in [0, 0.05) is 19.4 Å². The average Bonchev–Trinajstić information content (AvgIpc) is 3.22. The number of hydrogen-bond acceptors (Lipinski definition) is 8. The van der Waals surface area contributed by atoms with Gasteiger partial charge in [0.2, 0.25) is 0 Å². The van der Waals surface area contributed by atoms with Crippen molar-refractivity contribution >= 4 is 19.8 Å². The molecule has 0 amide bonds. The second-order valence-electron chi connectivity index (χ2n) is 15.6. The third-order valence-corrected chi connectivity index (χ3v) is 10.9. The summed E-state index contributed by atoms with van der Waals surface area (Å²) in [4.78, 5) is 34.9. The Morgan fingerprint density at radius 3 is 1.37 bits per heavy atom. The zero-order valence-electron chi connectivity index (χ0n) is 37.7. The number of hydrogen-bond donors (Lipinski definition) is 2. The zero-order chi connectivity index (χ0) is 43.2. The van der Waals surface area contributed by atoms with Crippen LogP contribution in [0.4, 0.5) is 0 Å². The van der Waals surface area contributed by atoms with E-state index in [4.69, 9.17) is 24.3 Å². The van der Waals surface area contributed by atoms with Crippen LogP contribution in [0.2, 0.25) is 0 Å². The van der Waals surface area contributed by atoms with Gasteiger partial charge in [-0.25, -0.2) is 4.57 Å². The molecular formula is C49H88NO8P. The van der Waals surface area contributed by atoms with Crippen molar-refractivity contribution < 1.29 is 37.6 Å². The summed E-state index contributed by atoms with van der Waals surface area (Å²) in [6.45, 7) is 3.64. The van der Waals surface area contributed by atoms with Crippen LogP contribution in [-0.4, -0.2) is 49.3 Å². The summed E-state index contributed by atoms with van der Waals surface area (Å²) in [6, 6.07) is 0. The first-order valence-electron chi connectivity index (χ1n) is 23.8. The van der Waals surface area contributed by atoms with Crippen LogP contribution in [0, 0.1) is 0 Å². The number of phosphoric acid groups is 1. The van der Waals surface area contributed by atoms with E-state index in [1.165, 1.54) is 122 Å². The fraction of sp³-hybridized carbons (Fsp3) is 0.755. The lowest BCUT2D eigenvalue weighted by Gasteiger charge is -2.19. The van der Waals surface area contributed by atoms with Gasteiger partial charge in [0.15, 0.2) is 6.10 Å². The van der Waals surface area contributed by atoms with Crippen molar-refractivity contribution in [1.82, 2.24) is 0 Å². The van der Waals surface area contributed by atoms with Crippen molar-refractivity contribution in [2.45, 2.75) is 213 Å². The maximum atomic E-state index is 12.6. The Morgan fingerprint density at radius 2 is 0.915 bits per heavy atom. The summed E-state index contributed by atoms with van der Waals surface area (Å²) in [7, 11) is -4.40. The topological polar surface area (TPSA) is 134 Å². The van der Waals surface area contributed by atoms with Crippen LogP contribution < -0.4 is 5.73 Å². The fourth-order valence-corrected chi connectivity index (χ4v) is 7.15. The molecular weight excluding hydrogens is 762 g/mol. The molecule has 0 aromatic heterocycles. The van der Waals surface area contributed by atoms with Crippen molar-refractivity contribution in [2.75, 3.05) is 26.4 Å². The smallest absolute Gasteiger partial charge is 0.462 e. The number of phosphoric ester groups is 1. The Labute approximate surface area is 361 Å². The highest BCUT2D eigenvalue weighted by molar-refractivity contribution is 7.47. The Bertz CT molecular complexity index is 1150. The summed E-state index contributed by atoms with van der Waals surface area (Å²) in [5.41, 5.74) is 5.35. The Hall–Kier alpha value is -2.29. The number of nitrogens with two attached hydrogens (primary N) is 1. The molecule has 0 aromatic rings. The third kappa shape index (κ3) is 45.1. The monoisotopic (exact) mass is 850 g/mol. The Kier molecular flexibility index (Phi) is 43.5. The first kappa shape index (κ1) is 56.7. The first-order chi connectivity index (χ1) is 28.8. The SMILES string of the molecule is CCCCC/C=C/C/C=C/C/C=C/C/C=C/C/C=C/CCC(=O)OC[C@H](COP(=O)(O)OCCN)OC(=O)CCCCCCCCCCCCCCCCCCCCC. The maximum Gasteiger partial charge on any atom is 0.472 e. The number of rotatable bonds is 44. The number of carbonyl (C=O) groups is 2. The van der Waals surface area contributed by atoms with E-state index in [0.717, 1.165) is 44.9 Å². The minimum absolute atomic E-state index is 0.0430. The van der Waals surface area contributed by atoms with Gasteiger partial charge in [-0.1, -0.05) is 203 Å². The minimum Gasteiger partial charge on any atom is -0.462 e. The highest BCUT2D eigenvalue weighted by Gasteiger charge is 2.26. The van der Waals surface area contributed by atoms with Gasteiger partial charge in [0.05, 0.1) is 13.2 Å². The van der Waals surface area contributed by atoms with Gasteiger partial charge in [0.25, 0.3) is 0 Å². The number of unbranched alkanes of at least 4 members (excludes halogenated alkanes) is 21. The molecule has 0 aromatic carbocycles. The molecule has 0 rings (SSSR count). The van der Waals surface area contributed by atoms with E-state index in [2.05, 4.69) is 62.5 Å². The van der Waals surface area contributed by atoms with Crippen LogP contribution >= 0.6 is 7.82 Å². The standard InChI is InChI=1S/C49H88NO8P/c1-3-5-7-9-11-13-15-17-19-21-23-25-27-29-31-33-35-37-39-41-48(51)55-45-47(46-57-59(53,54)56-44-43-50)58-49(52)42-40-38-36-34-32-30-28-26-24-22-20-18-16-14-12-10-8-6-4-2/h11,13,17,19,23,25,29,31,35,37,47H,3-10,12,14-16,18,20-22,24,26-28,30,32-34,36,38-46,50H2,1-2H3,(H,53,54)/b13-11+,19-17+,25-23+,31-29+,37-35+/t47-/m1/s1. The molecule has 0 aliphatic carbocycles. The molecule has 0 aliphatic heterocycles. The van der Waals surface area contributed by atoms with E-state index in [0.29, 0.717) is 12.8 Å². The Balaban J connectivity index is 4.20.